The number of fused-ring (bicyclic) bond motifs is 1. The Bertz CT molecular complexity index is 861. The molecular formula is C10H14N5O8P. The lowest BCUT2D eigenvalue weighted by atomic mass is 10.1. The SMILES string of the molecule is Nc1nc2c(ncn2[C@H]2O[C@@H](CO)[C@H](O)[C@@H]2OP(=O)(O)O)c(=O)[nH]1. The van der Waals surface area contributed by atoms with Gasteiger partial charge in [0.05, 0.1) is 12.9 Å². The van der Waals surface area contributed by atoms with Crippen LogP contribution in [0.25, 0.3) is 11.2 Å². The van der Waals surface area contributed by atoms with E-state index in [9.17, 15) is 19.6 Å². The normalized spacial score (nSPS) is 27.8. The Morgan fingerprint density at radius 2 is 2.21 bits per heavy atom. The zero-order chi connectivity index (χ0) is 17.6. The number of rotatable bonds is 4. The van der Waals surface area contributed by atoms with Crippen LogP contribution in [-0.4, -0.2) is 64.4 Å². The van der Waals surface area contributed by atoms with E-state index in [2.05, 4.69) is 19.5 Å². The molecule has 14 heteroatoms. The van der Waals surface area contributed by atoms with E-state index in [0.29, 0.717) is 0 Å². The van der Waals surface area contributed by atoms with Crippen molar-refractivity contribution in [1.29, 1.82) is 0 Å². The number of nitrogens with zero attached hydrogens (tertiary/aromatic N) is 3. The van der Waals surface area contributed by atoms with Crippen molar-refractivity contribution in [2.24, 2.45) is 0 Å². The third-order valence-electron chi connectivity index (χ3n) is 3.48. The van der Waals surface area contributed by atoms with Crippen LogP contribution in [0.5, 0.6) is 0 Å². The highest BCUT2D eigenvalue weighted by atomic mass is 31.2. The summed E-state index contributed by atoms with van der Waals surface area (Å²) in [6, 6.07) is 0. The molecule has 0 spiro atoms. The number of aromatic nitrogens is 4. The number of nitrogen functional groups attached to an aromatic ring is 1. The lowest BCUT2D eigenvalue weighted by Crippen LogP contribution is -2.34. The molecule has 1 fully saturated rings. The molecule has 1 aliphatic rings. The first-order chi connectivity index (χ1) is 11.2. The van der Waals surface area contributed by atoms with Gasteiger partial charge < -0.3 is 30.5 Å². The van der Waals surface area contributed by atoms with Crippen molar-refractivity contribution in [3.63, 3.8) is 0 Å². The highest BCUT2D eigenvalue weighted by Gasteiger charge is 2.48. The van der Waals surface area contributed by atoms with Gasteiger partial charge in [0.15, 0.2) is 17.4 Å². The number of phosphoric acid groups is 1. The van der Waals surface area contributed by atoms with Crippen LogP contribution in [0.2, 0.25) is 0 Å². The number of hydrogen-bond donors (Lipinski definition) is 6. The molecular weight excluding hydrogens is 349 g/mol. The summed E-state index contributed by atoms with van der Waals surface area (Å²) in [4.78, 5) is 39.8. The van der Waals surface area contributed by atoms with Crippen LogP contribution >= 0.6 is 7.82 Å². The summed E-state index contributed by atoms with van der Waals surface area (Å²) < 4.78 is 22.2. The van der Waals surface area contributed by atoms with Crippen LogP contribution in [-0.2, 0) is 13.8 Å². The molecule has 0 saturated carbocycles. The average Bonchev–Trinajstić information content (AvgIpc) is 3.00. The third kappa shape index (κ3) is 2.93. The summed E-state index contributed by atoms with van der Waals surface area (Å²) in [5.74, 6) is -0.209. The summed E-state index contributed by atoms with van der Waals surface area (Å²) in [5, 5.41) is 19.3. The number of imidazole rings is 1. The van der Waals surface area contributed by atoms with E-state index >= 15 is 0 Å². The molecule has 0 aliphatic carbocycles. The van der Waals surface area contributed by atoms with Crippen molar-refractivity contribution in [1.82, 2.24) is 19.5 Å². The van der Waals surface area contributed by atoms with E-state index in [1.54, 1.807) is 0 Å². The second kappa shape index (κ2) is 5.89. The highest BCUT2D eigenvalue weighted by Crippen LogP contribution is 2.44. The maximum absolute atomic E-state index is 11.8. The Morgan fingerprint density at radius 3 is 2.83 bits per heavy atom. The third-order valence-corrected chi connectivity index (χ3v) is 3.99. The zero-order valence-electron chi connectivity index (χ0n) is 11.9. The van der Waals surface area contributed by atoms with Crippen molar-refractivity contribution in [2.75, 3.05) is 12.3 Å². The quantitative estimate of drug-likeness (QED) is 0.311. The van der Waals surface area contributed by atoms with E-state index in [4.69, 9.17) is 20.3 Å². The Kier molecular flexibility index (Phi) is 4.17. The molecule has 4 atom stereocenters. The Morgan fingerprint density at radius 1 is 1.50 bits per heavy atom. The van der Waals surface area contributed by atoms with Crippen molar-refractivity contribution >= 4 is 24.9 Å². The molecule has 2 aromatic heterocycles. The fourth-order valence-electron chi connectivity index (χ4n) is 2.49. The van der Waals surface area contributed by atoms with Gasteiger partial charge in [-0.3, -0.25) is 18.9 Å². The van der Waals surface area contributed by atoms with Gasteiger partial charge in [-0.15, -0.1) is 0 Å². The second-order valence-electron chi connectivity index (χ2n) is 5.07. The number of nitrogens with two attached hydrogens (primary N) is 1. The van der Waals surface area contributed by atoms with E-state index in [-0.39, 0.29) is 17.1 Å². The van der Waals surface area contributed by atoms with Crippen molar-refractivity contribution in [3.8, 4) is 0 Å². The molecule has 0 aromatic carbocycles. The highest BCUT2D eigenvalue weighted by molar-refractivity contribution is 7.46. The van der Waals surface area contributed by atoms with Crippen LogP contribution in [0.4, 0.5) is 5.95 Å². The van der Waals surface area contributed by atoms with Gasteiger partial charge in [-0.25, -0.2) is 9.55 Å². The maximum Gasteiger partial charge on any atom is 0.470 e. The Labute approximate surface area is 132 Å². The molecule has 24 heavy (non-hydrogen) atoms. The van der Waals surface area contributed by atoms with Gasteiger partial charge in [0.25, 0.3) is 5.56 Å². The zero-order valence-corrected chi connectivity index (χ0v) is 12.8. The van der Waals surface area contributed by atoms with Gasteiger partial charge in [-0.1, -0.05) is 0 Å². The van der Waals surface area contributed by atoms with Gasteiger partial charge in [0.1, 0.15) is 18.3 Å². The Hall–Kier alpha value is -1.86. The first kappa shape index (κ1) is 17.0. The summed E-state index contributed by atoms with van der Waals surface area (Å²) in [6.45, 7) is -0.624. The molecule has 0 amide bonds. The van der Waals surface area contributed by atoms with E-state index in [0.717, 1.165) is 10.9 Å². The predicted octanol–water partition coefficient (Wildman–Crippen LogP) is -2.57. The van der Waals surface area contributed by atoms with Crippen LogP contribution in [0.15, 0.2) is 11.1 Å². The standard InChI is InChI=1S/C10H14N5O8P/c11-10-13-7-4(8(18)14-10)12-2-15(7)9-6(23-24(19,20)21)5(17)3(1-16)22-9/h2-3,5-6,9,16-17H,1H2,(H2,19,20,21)(H3,11,13,14,18)/t3-,5-,6-,9-/m0/s1. The number of aliphatic hydroxyl groups excluding tert-OH is 2. The minimum atomic E-state index is -4.98. The molecule has 0 radical (unpaired) electrons. The minimum Gasteiger partial charge on any atom is -0.394 e. The molecule has 1 saturated heterocycles. The summed E-state index contributed by atoms with van der Waals surface area (Å²) in [7, 11) is -4.98. The van der Waals surface area contributed by atoms with Crippen molar-refractivity contribution < 1.29 is 33.8 Å². The largest absolute Gasteiger partial charge is 0.470 e. The van der Waals surface area contributed by atoms with Crippen LogP contribution in [0.1, 0.15) is 6.23 Å². The fraction of sp³-hybridized carbons (Fsp3) is 0.500. The molecule has 3 rings (SSSR count). The molecule has 7 N–H and O–H groups in total. The molecule has 3 heterocycles. The molecule has 0 unspecified atom stereocenters. The summed E-state index contributed by atoms with van der Waals surface area (Å²) in [6.07, 6.45) is -4.42. The van der Waals surface area contributed by atoms with Gasteiger partial charge in [-0.2, -0.15) is 4.98 Å². The van der Waals surface area contributed by atoms with Crippen LogP contribution in [0.3, 0.4) is 0 Å². The number of aliphatic hydroxyl groups is 2. The lowest BCUT2D eigenvalue weighted by Gasteiger charge is -2.22. The first-order valence-corrected chi connectivity index (χ1v) is 8.15. The molecule has 2 aromatic rings. The predicted molar refractivity (Wildman–Crippen MR) is 76.5 cm³/mol. The Balaban J connectivity index is 2.09. The molecule has 13 nitrogen and oxygen atoms in total. The number of aromatic amines is 1. The molecule has 0 bridgehead atoms. The summed E-state index contributed by atoms with van der Waals surface area (Å²) >= 11 is 0. The number of anilines is 1. The van der Waals surface area contributed by atoms with Crippen LogP contribution < -0.4 is 11.3 Å². The number of ether oxygens (including phenoxy) is 1. The van der Waals surface area contributed by atoms with Gasteiger partial charge in [-0.05, 0) is 0 Å². The lowest BCUT2D eigenvalue weighted by molar-refractivity contribution is -0.0505. The number of hydrogen-bond acceptors (Lipinski definition) is 9. The second-order valence-corrected chi connectivity index (χ2v) is 6.27. The minimum absolute atomic E-state index is 0.0358. The maximum atomic E-state index is 11.8. The molecule has 1 aliphatic heterocycles. The van der Waals surface area contributed by atoms with Gasteiger partial charge in [0, 0.05) is 0 Å². The van der Waals surface area contributed by atoms with Crippen molar-refractivity contribution in [2.45, 2.75) is 24.5 Å². The topological polar surface area (TPSA) is 206 Å². The summed E-state index contributed by atoms with van der Waals surface area (Å²) in [5.41, 5.74) is 4.72. The first-order valence-electron chi connectivity index (χ1n) is 6.62. The number of phosphoric ester groups is 1. The van der Waals surface area contributed by atoms with Crippen LogP contribution in [0, 0.1) is 0 Å². The molecule has 132 valence electrons. The van der Waals surface area contributed by atoms with E-state index in [1.165, 1.54) is 0 Å². The monoisotopic (exact) mass is 363 g/mol. The number of nitrogens with one attached hydrogen (secondary N) is 1. The van der Waals surface area contributed by atoms with E-state index in [1.807, 2.05) is 0 Å². The van der Waals surface area contributed by atoms with Crippen molar-refractivity contribution in [3.05, 3.63) is 16.7 Å². The van der Waals surface area contributed by atoms with Gasteiger partial charge in [0.2, 0.25) is 5.95 Å². The average molecular weight is 363 g/mol. The van der Waals surface area contributed by atoms with E-state index < -0.39 is 44.5 Å². The smallest absolute Gasteiger partial charge is 0.394 e. The van der Waals surface area contributed by atoms with Gasteiger partial charge >= 0.3 is 7.82 Å². The number of H-pyrrole nitrogens is 1. The fourth-order valence-corrected chi connectivity index (χ4v) is 3.04.